The predicted molar refractivity (Wildman–Crippen MR) is 156 cm³/mol. The lowest BCUT2D eigenvalue weighted by Crippen LogP contribution is -2.45. The molecule has 0 radical (unpaired) electrons. The molecule has 4 fully saturated rings. The number of aromatic nitrogens is 8. The van der Waals surface area contributed by atoms with Crippen molar-refractivity contribution in [1.82, 2.24) is 39.0 Å². The molecule has 45 heavy (non-hydrogen) atoms. The fourth-order valence-corrected chi connectivity index (χ4v) is 8.84. The Bertz CT molecular complexity index is 1920. The second kappa shape index (κ2) is 10.5. The molecule has 0 aromatic carbocycles. The summed E-state index contributed by atoms with van der Waals surface area (Å²) in [6.07, 6.45) is -4.12. The van der Waals surface area contributed by atoms with Crippen molar-refractivity contribution in [3.05, 3.63) is 25.3 Å². The lowest BCUT2D eigenvalue weighted by Gasteiger charge is -2.32. The quantitative estimate of drug-likeness (QED) is 0.171. The van der Waals surface area contributed by atoms with Gasteiger partial charge >= 0.3 is 13.6 Å². The molecular weight excluding hydrogens is 681 g/mol. The average Bonchev–Trinajstić information content (AvgIpc) is 3.80. The van der Waals surface area contributed by atoms with E-state index in [1.54, 1.807) is 0 Å². The number of anilines is 2. The summed E-state index contributed by atoms with van der Waals surface area (Å²) in [5.74, 6) is 0.218. The Hall–Kier alpha value is -2.49. The molecule has 4 aromatic rings. The van der Waals surface area contributed by atoms with Crippen LogP contribution in [0.15, 0.2) is 25.3 Å². The van der Waals surface area contributed by atoms with Gasteiger partial charge in [0.2, 0.25) is 0 Å². The molecule has 0 aliphatic carbocycles. The van der Waals surface area contributed by atoms with Crippen molar-refractivity contribution in [3.8, 4) is 0 Å². The van der Waals surface area contributed by atoms with E-state index in [0.29, 0.717) is 11.2 Å². The lowest BCUT2D eigenvalue weighted by molar-refractivity contribution is -0.182. The number of halogens is 1. The standard InChI is InChI=1S/C21H23FN10O9P2S2/c22-9-8-1-36-42(33,44)41-14-13-20(32-7-30-11-16(24)26-5-28-18(11)32)39-21(14,2-35-13)3-37-43(34,45)40-12(9)19(38-8)31-6-29-10-15(23)25-4-27-17(10)31/h4-9,12-14,19-20H,1-3H2,(H,33,44)(H,34,45)(H2,23,25,27)(H2,24,26,28)/t8?,9-,12-,13-,14+,19-,20-,21-,42+,43-/m1/s1. The van der Waals surface area contributed by atoms with Crippen LogP contribution in [0.2, 0.25) is 0 Å². The van der Waals surface area contributed by atoms with Gasteiger partial charge in [0.05, 0.1) is 32.5 Å². The van der Waals surface area contributed by atoms with E-state index in [0.717, 1.165) is 0 Å². The molecule has 0 spiro atoms. The van der Waals surface area contributed by atoms with Crippen LogP contribution in [-0.2, 0) is 41.4 Å². The molecule has 4 saturated heterocycles. The number of imidazole rings is 2. The largest absolute Gasteiger partial charge is 0.386 e. The number of nitrogens with zero attached hydrogens (tertiary/aromatic N) is 8. The molecule has 8 heterocycles. The van der Waals surface area contributed by atoms with E-state index in [-0.39, 0.29) is 29.4 Å². The third kappa shape index (κ3) is 4.86. The van der Waals surface area contributed by atoms with Gasteiger partial charge in [-0.15, -0.1) is 0 Å². The maximum Gasteiger partial charge on any atom is 0.386 e. The second-order valence-corrected chi connectivity index (χ2v) is 16.4. The van der Waals surface area contributed by atoms with Crippen LogP contribution in [0.3, 0.4) is 0 Å². The molecule has 0 amide bonds. The first kappa shape index (κ1) is 29.9. The van der Waals surface area contributed by atoms with E-state index >= 15 is 4.39 Å². The van der Waals surface area contributed by atoms with Gasteiger partial charge in [-0.3, -0.25) is 27.2 Å². The lowest BCUT2D eigenvalue weighted by atomic mass is 10.0. The van der Waals surface area contributed by atoms with Gasteiger partial charge in [0, 0.05) is 0 Å². The summed E-state index contributed by atoms with van der Waals surface area (Å²) in [5.41, 5.74) is 11.4. The van der Waals surface area contributed by atoms with Gasteiger partial charge < -0.3 is 25.7 Å². The summed E-state index contributed by atoms with van der Waals surface area (Å²) in [4.78, 5) is 24.7. The minimum absolute atomic E-state index is 0.0739. The van der Waals surface area contributed by atoms with Crippen molar-refractivity contribution in [2.75, 3.05) is 31.3 Å². The van der Waals surface area contributed by atoms with Crippen molar-refractivity contribution in [2.24, 2.45) is 0 Å². The molecule has 4 bridgehead atoms. The molecule has 4 aromatic heterocycles. The molecule has 4 aliphatic heterocycles. The zero-order valence-corrected chi connectivity index (χ0v) is 26.1. The van der Waals surface area contributed by atoms with E-state index in [2.05, 4.69) is 54.4 Å². The third-order valence-corrected chi connectivity index (χ3v) is 11.1. The number of rotatable bonds is 2. The van der Waals surface area contributed by atoms with Crippen molar-refractivity contribution >= 4 is 72.1 Å². The van der Waals surface area contributed by atoms with Gasteiger partial charge in [-0.25, -0.2) is 43.4 Å². The van der Waals surface area contributed by atoms with Crippen LogP contribution in [0.5, 0.6) is 0 Å². The number of nitrogens with two attached hydrogens (primary N) is 2. The van der Waals surface area contributed by atoms with E-state index < -0.39 is 75.5 Å². The molecule has 19 nitrogen and oxygen atoms in total. The first-order valence-corrected chi connectivity index (χ1v) is 18.6. The van der Waals surface area contributed by atoms with Crippen LogP contribution in [0.4, 0.5) is 16.0 Å². The van der Waals surface area contributed by atoms with Gasteiger partial charge in [-0.05, 0) is 0 Å². The SMILES string of the molecule is Nc1ncnc2c1ncn2[C@@H]1OC2CO[P@](=O)(S)O[C@H]3[C@H]4OC[C@]3(CO[P@@](=O)(S)O[C@@H]1[C@@H]2F)O[C@H]4n1cnc2c(N)ncnc21. The zero-order valence-electron chi connectivity index (χ0n) is 22.5. The Morgan fingerprint density at radius 1 is 0.844 bits per heavy atom. The summed E-state index contributed by atoms with van der Waals surface area (Å²) in [7, 11) is 0. The number of alkyl halides is 1. The molecule has 4 aliphatic rings. The molecule has 0 saturated carbocycles. The van der Waals surface area contributed by atoms with Crippen molar-refractivity contribution in [3.63, 3.8) is 0 Å². The fraction of sp³-hybridized carbons (Fsp3) is 0.524. The maximum absolute atomic E-state index is 15.9. The molecule has 1 unspecified atom stereocenters. The highest BCUT2D eigenvalue weighted by atomic mass is 32.7. The first-order chi connectivity index (χ1) is 21.5. The fourth-order valence-electron chi connectivity index (χ4n) is 5.87. The Morgan fingerprint density at radius 3 is 2.13 bits per heavy atom. The topological polar surface area (TPSA) is 238 Å². The monoisotopic (exact) mass is 704 g/mol. The Morgan fingerprint density at radius 2 is 1.47 bits per heavy atom. The number of hydrogen-bond donors (Lipinski definition) is 4. The third-order valence-electron chi connectivity index (χ3n) is 7.94. The van der Waals surface area contributed by atoms with Crippen LogP contribution in [0, 0.1) is 0 Å². The maximum atomic E-state index is 15.9. The minimum Gasteiger partial charge on any atom is -0.382 e. The number of nitrogen functional groups attached to an aromatic ring is 2. The second-order valence-electron chi connectivity index (χ2n) is 10.6. The van der Waals surface area contributed by atoms with E-state index in [1.165, 1.54) is 34.4 Å². The summed E-state index contributed by atoms with van der Waals surface area (Å²) < 4.78 is 87.1. The summed E-state index contributed by atoms with van der Waals surface area (Å²) >= 11 is 8.28. The Balaban J connectivity index is 1.14. The first-order valence-electron chi connectivity index (χ1n) is 13.2. The minimum atomic E-state index is -4.38. The molecule has 10 atom stereocenters. The number of hydrogen-bond acceptors (Lipinski definition) is 17. The van der Waals surface area contributed by atoms with Crippen LogP contribution in [0.1, 0.15) is 12.5 Å². The van der Waals surface area contributed by atoms with E-state index in [1.807, 2.05) is 0 Å². The Kier molecular flexibility index (Phi) is 6.98. The van der Waals surface area contributed by atoms with Crippen LogP contribution < -0.4 is 11.5 Å². The molecular formula is C21H23FN10O9P2S2. The molecule has 24 heteroatoms. The van der Waals surface area contributed by atoms with Gasteiger partial charge in [0.15, 0.2) is 41.6 Å². The van der Waals surface area contributed by atoms with Crippen molar-refractivity contribution < 1.29 is 45.8 Å². The smallest absolute Gasteiger partial charge is 0.382 e. The average molecular weight is 705 g/mol. The van der Waals surface area contributed by atoms with Crippen LogP contribution >= 0.6 is 38.1 Å². The molecule has 240 valence electrons. The highest BCUT2D eigenvalue weighted by molar-refractivity contribution is 8.44. The Labute approximate surface area is 261 Å². The number of fused-ring (bicyclic) bond motifs is 4. The number of ether oxygens (including phenoxy) is 3. The van der Waals surface area contributed by atoms with Crippen LogP contribution in [0.25, 0.3) is 22.3 Å². The highest BCUT2D eigenvalue weighted by Gasteiger charge is 2.66. The van der Waals surface area contributed by atoms with E-state index in [9.17, 15) is 9.13 Å². The van der Waals surface area contributed by atoms with Gasteiger partial charge in [-0.1, -0.05) is 24.5 Å². The van der Waals surface area contributed by atoms with Crippen LogP contribution in [-0.4, -0.2) is 95.0 Å². The normalized spacial score (nSPS) is 40.3. The van der Waals surface area contributed by atoms with Gasteiger partial charge in [0.1, 0.15) is 53.7 Å². The summed E-state index contributed by atoms with van der Waals surface area (Å²) in [5, 5.41) is 0. The van der Waals surface area contributed by atoms with Gasteiger partial charge in [-0.2, -0.15) is 0 Å². The zero-order chi connectivity index (χ0) is 31.3. The van der Waals surface area contributed by atoms with Gasteiger partial charge in [0.25, 0.3) is 0 Å². The highest BCUT2D eigenvalue weighted by Crippen LogP contribution is 2.63. The van der Waals surface area contributed by atoms with Crippen molar-refractivity contribution in [2.45, 2.75) is 48.6 Å². The summed E-state index contributed by atoms with van der Waals surface area (Å²) in [6, 6.07) is 0. The molecule has 4 N–H and O–H groups in total. The van der Waals surface area contributed by atoms with Crippen molar-refractivity contribution in [1.29, 1.82) is 0 Å². The van der Waals surface area contributed by atoms with E-state index in [4.69, 9.17) is 43.8 Å². The predicted octanol–water partition coefficient (Wildman–Crippen LogP) is 1.63. The summed E-state index contributed by atoms with van der Waals surface area (Å²) in [6.45, 7) is -9.90. The molecule has 8 rings (SSSR count). The number of thiol groups is 2.